The molecule has 1 aromatic rings. The van der Waals surface area contributed by atoms with Crippen LogP contribution in [0.2, 0.25) is 5.02 Å². The highest BCUT2D eigenvalue weighted by Crippen LogP contribution is 2.29. The highest BCUT2D eigenvalue weighted by molar-refractivity contribution is 6.30. The quantitative estimate of drug-likeness (QED) is 0.647. The number of ether oxygens (including phenoxy) is 1. The van der Waals surface area contributed by atoms with Gasteiger partial charge in [-0.1, -0.05) is 18.5 Å². The number of hydrogen-bond donors (Lipinski definition) is 1. The van der Waals surface area contributed by atoms with E-state index in [4.69, 9.17) is 16.3 Å². The van der Waals surface area contributed by atoms with Gasteiger partial charge in [-0.05, 0) is 26.3 Å². The van der Waals surface area contributed by atoms with Gasteiger partial charge in [0.15, 0.2) is 12.4 Å². The van der Waals surface area contributed by atoms with Crippen molar-refractivity contribution >= 4 is 23.2 Å². The predicted molar refractivity (Wildman–Crippen MR) is 76.1 cm³/mol. The third kappa shape index (κ3) is 4.70. The first-order valence-corrected chi connectivity index (χ1v) is 6.50. The van der Waals surface area contributed by atoms with Crippen molar-refractivity contribution in [2.45, 2.75) is 32.7 Å². The maximum atomic E-state index is 11.7. The fourth-order valence-electron chi connectivity index (χ4n) is 1.40. The topological polar surface area (TPSA) is 81.5 Å². The molecule has 0 fully saturated rings. The number of amides is 1. The van der Waals surface area contributed by atoms with E-state index in [1.807, 2.05) is 20.8 Å². The van der Waals surface area contributed by atoms with Crippen molar-refractivity contribution in [1.29, 1.82) is 0 Å². The van der Waals surface area contributed by atoms with Gasteiger partial charge in [0, 0.05) is 22.7 Å². The summed E-state index contributed by atoms with van der Waals surface area (Å²) in [4.78, 5) is 22.0. The lowest BCUT2D eigenvalue weighted by Crippen LogP contribution is -2.44. The van der Waals surface area contributed by atoms with E-state index < -0.39 is 4.92 Å². The molecule has 1 amide bonds. The summed E-state index contributed by atoms with van der Waals surface area (Å²) in [6, 6.07) is 3.95. The Balaban J connectivity index is 2.73. The van der Waals surface area contributed by atoms with Crippen LogP contribution in [0.25, 0.3) is 0 Å². The van der Waals surface area contributed by atoms with Crippen molar-refractivity contribution in [3.63, 3.8) is 0 Å². The van der Waals surface area contributed by atoms with E-state index in [2.05, 4.69) is 5.32 Å². The Morgan fingerprint density at radius 3 is 2.70 bits per heavy atom. The zero-order chi connectivity index (χ0) is 15.3. The average molecular weight is 301 g/mol. The van der Waals surface area contributed by atoms with Crippen LogP contribution in [0, 0.1) is 10.1 Å². The molecule has 1 aromatic carbocycles. The fourth-order valence-corrected chi connectivity index (χ4v) is 1.56. The van der Waals surface area contributed by atoms with Gasteiger partial charge < -0.3 is 10.1 Å². The fraction of sp³-hybridized carbons (Fsp3) is 0.462. The second-order valence-corrected chi connectivity index (χ2v) is 5.38. The van der Waals surface area contributed by atoms with E-state index >= 15 is 0 Å². The van der Waals surface area contributed by atoms with E-state index in [9.17, 15) is 14.9 Å². The molecule has 0 aliphatic carbocycles. The van der Waals surface area contributed by atoms with Crippen LogP contribution in [0.3, 0.4) is 0 Å². The maximum absolute atomic E-state index is 11.7. The minimum atomic E-state index is -0.584. The van der Waals surface area contributed by atoms with Crippen molar-refractivity contribution < 1.29 is 14.5 Å². The van der Waals surface area contributed by atoms with Gasteiger partial charge >= 0.3 is 5.69 Å². The van der Waals surface area contributed by atoms with Crippen LogP contribution >= 0.6 is 11.6 Å². The standard InChI is InChI=1S/C13H17ClN2O4/c1-4-13(2,3)15-12(17)8-20-11-7-9(14)5-6-10(11)16(18)19/h5-7H,4,8H2,1-3H3,(H,15,17). The number of carbonyl (C=O) groups excluding carboxylic acids is 1. The first-order chi connectivity index (χ1) is 9.25. The van der Waals surface area contributed by atoms with Crippen molar-refractivity contribution in [3.8, 4) is 5.75 Å². The zero-order valence-electron chi connectivity index (χ0n) is 11.6. The van der Waals surface area contributed by atoms with Crippen LogP contribution in [0.5, 0.6) is 5.75 Å². The summed E-state index contributed by atoms with van der Waals surface area (Å²) in [7, 11) is 0. The number of carbonyl (C=O) groups is 1. The second kappa shape index (κ2) is 6.56. The largest absolute Gasteiger partial charge is 0.477 e. The van der Waals surface area contributed by atoms with E-state index in [-0.39, 0.29) is 29.5 Å². The monoisotopic (exact) mass is 300 g/mol. The lowest BCUT2D eigenvalue weighted by molar-refractivity contribution is -0.385. The molecule has 110 valence electrons. The highest BCUT2D eigenvalue weighted by Gasteiger charge is 2.20. The molecule has 6 nitrogen and oxygen atoms in total. The third-order valence-corrected chi connectivity index (χ3v) is 3.07. The van der Waals surface area contributed by atoms with Gasteiger partial charge in [-0.3, -0.25) is 14.9 Å². The number of nitro groups is 1. The molecular formula is C13H17ClN2O4. The molecule has 1 N–H and O–H groups in total. The number of rotatable bonds is 6. The molecule has 0 saturated heterocycles. The van der Waals surface area contributed by atoms with Gasteiger partial charge in [-0.15, -0.1) is 0 Å². The van der Waals surface area contributed by atoms with Crippen molar-refractivity contribution in [1.82, 2.24) is 5.32 Å². The van der Waals surface area contributed by atoms with Crippen molar-refractivity contribution in [3.05, 3.63) is 33.3 Å². The molecule has 0 heterocycles. The van der Waals surface area contributed by atoms with Crippen molar-refractivity contribution in [2.75, 3.05) is 6.61 Å². The van der Waals surface area contributed by atoms with Gasteiger partial charge in [0.05, 0.1) is 4.92 Å². The minimum absolute atomic E-state index is 0.0213. The van der Waals surface area contributed by atoms with Crippen molar-refractivity contribution in [2.24, 2.45) is 0 Å². The number of halogens is 1. The average Bonchev–Trinajstić information content (AvgIpc) is 2.35. The Morgan fingerprint density at radius 2 is 2.15 bits per heavy atom. The molecule has 1 rings (SSSR count). The summed E-state index contributed by atoms with van der Waals surface area (Å²) < 4.78 is 5.19. The molecule has 0 unspecified atom stereocenters. The lowest BCUT2D eigenvalue weighted by atomic mass is 10.0. The maximum Gasteiger partial charge on any atom is 0.311 e. The molecule has 0 aliphatic heterocycles. The Morgan fingerprint density at radius 1 is 1.50 bits per heavy atom. The molecule has 0 radical (unpaired) electrons. The normalized spacial score (nSPS) is 11.0. The van der Waals surface area contributed by atoms with Crippen LogP contribution in [0.1, 0.15) is 27.2 Å². The predicted octanol–water partition coefficient (Wildman–Crippen LogP) is 2.93. The number of nitro benzene ring substituents is 1. The van der Waals surface area contributed by atoms with Gasteiger partial charge in [0.2, 0.25) is 0 Å². The summed E-state index contributed by atoms with van der Waals surface area (Å²) in [6.07, 6.45) is 0.760. The number of nitrogens with zero attached hydrogens (tertiary/aromatic N) is 1. The van der Waals surface area contributed by atoms with Gasteiger partial charge in [0.1, 0.15) is 0 Å². The molecule has 0 spiro atoms. The Bertz CT molecular complexity index is 517. The Kier molecular flexibility index (Phi) is 5.33. The van der Waals surface area contributed by atoms with E-state index in [1.165, 1.54) is 18.2 Å². The van der Waals surface area contributed by atoms with E-state index in [1.54, 1.807) is 0 Å². The summed E-state index contributed by atoms with van der Waals surface area (Å²) in [5.41, 5.74) is -0.572. The SMILES string of the molecule is CCC(C)(C)NC(=O)COc1cc(Cl)ccc1[N+](=O)[O-]. The molecule has 0 saturated carbocycles. The first kappa shape index (κ1) is 16.2. The van der Waals surface area contributed by atoms with Crippen LogP contribution in [-0.4, -0.2) is 23.0 Å². The van der Waals surface area contributed by atoms with Gasteiger partial charge in [-0.2, -0.15) is 0 Å². The molecule has 0 aliphatic rings. The first-order valence-electron chi connectivity index (χ1n) is 6.13. The van der Waals surface area contributed by atoms with Crippen LogP contribution in [-0.2, 0) is 4.79 Å². The summed E-state index contributed by atoms with van der Waals surface area (Å²) >= 11 is 5.76. The number of hydrogen-bond acceptors (Lipinski definition) is 4. The number of benzene rings is 1. The van der Waals surface area contributed by atoms with Gasteiger partial charge in [-0.25, -0.2) is 0 Å². The summed E-state index contributed by atoms with van der Waals surface area (Å²) in [5, 5.41) is 13.9. The molecule has 7 heteroatoms. The molecule has 0 bridgehead atoms. The second-order valence-electron chi connectivity index (χ2n) is 4.94. The summed E-state index contributed by atoms with van der Waals surface area (Å²) in [5.74, 6) is -0.363. The Labute approximate surface area is 122 Å². The molecule has 0 atom stereocenters. The van der Waals surface area contributed by atoms with Crippen LogP contribution < -0.4 is 10.1 Å². The van der Waals surface area contributed by atoms with E-state index in [0.29, 0.717) is 5.02 Å². The summed E-state index contributed by atoms with van der Waals surface area (Å²) in [6.45, 7) is 5.41. The minimum Gasteiger partial charge on any atom is -0.477 e. The van der Waals surface area contributed by atoms with Gasteiger partial charge in [0.25, 0.3) is 5.91 Å². The lowest BCUT2D eigenvalue weighted by Gasteiger charge is -2.24. The van der Waals surface area contributed by atoms with E-state index in [0.717, 1.165) is 6.42 Å². The smallest absolute Gasteiger partial charge is 0.311 e. The van der Waals surface area contributed by atoms with Crippen LogP contribution in [0.4, 0.5) is 5.69 Å². The third-order valence-electron chi connectivity index (χ3n) is 2.84. The molecule has 20 heavy (non-hydrogen) atoms. The number of nitrogens with one attached hydrogen (secondary N) is 1. The highest BCUT2D eigenvalue weighted by atomic mass is 35.5. The van der Waals surface area contributed by atoms with Crippen LogP contribution in [0.15, 0.2) is 18.2 Å². The Hall–Kier alpha value is -1.82. The molecule has 0 aromatic heterocycles. The molecular weight excluding hydrogens is 284 g/mol. The zero-order valence-corrected chi connectivity index (χ0v) is 12.4.